The highest BCUT2D eigenvalue weighted by molar-refractivity contribution is 5.73. The van der Waals surface area contributed by atoms with Crippen molar-refractivity contribution < 1.29 is 4.79 Å². The van der Waals surface area contributed by atoms with Crippen LogP contribution in [0.3, 0.4) is 0 Å². The number of nitrogens with one attached hydrogen (secondary N) is 3. The van der Waals surface area contributed by atoms with Crippen molar-refractivity contribution in [2.24, 2.45) is 5.41 Å². The molecule has 3 N–H and O–H groups in total. The van der Waals surface area contributed by atoms with E-state index in [9.17, 15) is 4.79 Å². The highest BCUT2D eigenvalue weighted by Crippen LogP contribution is 2.23. The average molecular weight is 261 g/mol. The minimum atomic E-state index is -0.0874. The van der Waals surface area contributed by atoms with E-state index in [-0.39, 0.29) is 11.4 Å². The molecule has 0 radical (unpaired) electrons. The van der Waals surface area contributed by atoms with Gasteiger partial charge in [0.2, 0.25) is 0 Å². The zero-order valence-corrected chi connectivity index (χ0v) is 11.5. The summed E-state index contributed by atoms with van der Waals surface area (Å²) in [6.45, 7) is 5.58. The maximum atomic E-state index is 11.8. The molecule has 1 atom stereocenters. The zero-order valence-electron chi connectivity index (χ0n) is 11.5. The van der Waals surface area contributed by atoms with E-state index in [1.807, 2.05) is 30.3 Å². The summed E-state index contributed by atoms with van der Waals surface area (Å²) in [4.78, 5) is 11.8. The first kappa shape index (κ1) is 13.9. The molecule has 4 heteroatoms. The molecule has 1 aromatic carbocycles. The second-order valence-corrected chi connectivity index (χ2v) is 5.61. The van der Waals surface area contributed by atoms with E-state index in [1.165, 1.54) is 12.8 Å². The van der Waals surface area contributed by atoms with Gasteiger partial charge in [0.25, 0.3) is 0 Å². The Morgan fingerprint density at radius 3 is 2.79 bits per heavy atom. The summed E-state index contributed by atoms with van der Waals surface area (Å²) < 4.78 is 0. The van der Waals surface area contributed by atoms with Gasteiger partial charge in [0.05, 0.1) is 0 Å². The summed E-state index contributed by atoms with van der Waals surface area (Å²) in [5, 5.41) is 9.24. The lowest BCUT2D eigenvalue weighted by atomic mass is 9.83. The van der Waals surface area contributed by atoms with Gasteiger partial charge in [-0.3, -0.25) is 0 Å². The van der Waals surface area contributed by atoms with E-state index in [4.69, 9.17) is 0 Å². The molecule has 4 nitrogen and oxygen atoms in total. The average Bonchev–Trinajstić information content (AvgIpc) is 2.45. The predicted molar refractivity (Wildman–Crippen MR) is 76.9 cm³/mol. The van der Waals surface area contributed by atoms with Crippen molar-refractivity contribution in [3.05, 3.63) is 35.9 Å². The van der Waals surface area contributed by atoms with E-state index in [1.54, 1.807) is 0 Å². The highest BCUT2D eigenvalue weighted by atomic mass is 16.2. The highest BCUT2D eigenvalue weighted by Gasteiger charge is 2.26. The fourth-order valence-corrected chi connectivity index (χ4v) is 2.40. The second-order valence-electron chi connectivity index (χ2n) is 5.61. The smallest absolute Gasteiger partial charge is 0.315 e. The summed E-state index contributed by atoms with van der Waals surface area (Å²) in [6.07, 6.45) is 2.35. The van der Waals surface area contributed by atoms with Gasteiger partial charge >= 0.3 is 6.03 Å². The van der Waals surface area contributed by atoms with Crippen LogP contribution < -0.4 is 16.0 Å². The number of carbonyl (C=O) groups excluding carboxylic acids is 1. The molecular formula is C15H23N3O. The number of rotatable bonds is 4. The number of carbonyl (C=O) groups is 1. The van der Waals surface area contributed by atoms with Crippen molar-refractivity contribution in [3.8, 4) is 0 Å². The molecule has 2 amide bonds. The second kappa shape index (κ2) is 6.57. The van der Waals surface area contributed by atoms with Gasteiger partial charge in [-0.1, -0.05) is 37.3 Å². The molecule has 19 heavy (non-hydrogen) atoms. The van der Waals surface area contributed by atoms with E-state index in [2.05, 4.69) is 22.9 Å². The van der Waals surface area contributed by atoms with Crippen LogP contribution in [-0.4, -0.2) is 25.7 Å². The van der Waals surface area contributed by atoms with Gasteiger partial charge in [-0.25, -0.2) is 4.79 Å². The fourth-order valence-electron chi connectivity index (χ4n) is 2.40. The van der Waals surface area contributed by atoms with Crippen molar-refractivity contribution in [1.82, 2.24) is 16.0 Å². The Hall–Kier alpha value is -1.55. The molecule has 1 fully saturated rings. The molecule has 1 aliphatic heterocycles. The fraction of sp³-hybridized carbons (Fsp3) is 0.533. The van der Waals surface area contributed by atoms with E-state index in [0.29, 0.717) is 6.54 Å². The first-order chi connectivity index (χ1) is 9.18. The molecule has 1 unspecified atom stereocenters. The largest absolute Gasteiger partial charge is 0.338 e. The molecule has 0 spiro atoms. The first-order valence-corrected chi connectivity index (χ1v) is 6.94. The molecular weight excluding hydrogens is 238 g/mol. The van der Waals surface area contributed by atoms with Gasteiger partial charge in [-0.2, -0.15) is 0 Å². The van der Waals surface area contributed by atoms with Crippen molar-refractivity contribution in [1.29, 1.82) is 0 Å². The Bertz CT molecular complexity index is 399. The Balaban J connectivity index is 1.70. The van der Waals surface area contributed by atoms with Gasteiger partial charge in [0.15, 0.2) is 0 Å². The number of hydrogen-bond acceptors (Lipinski definition) is 2. The monoisotopic (exact) mass is 261 g/mol. The van der Waals surface area contributed by atoms with Gasteiger partial charge in [-0.15, -0.1) is 0 Å². The van der Waals surface area contributed by atoms with Gasteiger partial charge in [-0.05, 0) is 30.4 Å². The minimum absolute atomic E-state index is 0.0874. The van der Waals surface area contributed by atoms with E-state index >= 15 is 0 Å². The van der Waals surface area contributed by atoms with Crippen LogP contribution >= 0.6 is 0 Å². The maximum absolute atomic E-state index is 11.8. The van der Waals surface area contributed by atoms with Gasteiger partial charge in [0, 0.05) is 19.6 Å². The summed E-state index contributed by atoms with van der Waals surface area (Å²) in [5.74, 6) is 0. The summed E-state index contributed by atoms with van der Waals surface area (Å²) in [7, 11) is 0. The topological polar surface area (TPSA) is 53.2 Å². The molecule has 0 saturated carbocycles. The third kappa shape index (κ3) is 4.56. The lowest BCUT2D eigenvalue weighted by Gasteiger charge is -2.34. The van der Waals surface area contributed by atoms with Crippen molar-refractivity contribution in [3.63, 3.8) is 0 Å². The molecule has 1 saturated heterocycles. The Morgan fingerprint density at radius 2 is 2.11 bits per heavy atom. The first-order valence-electron chi connectivity index (χ1n) is 6.94. The number of urea groups is 1. The van der Waals surface area contributed by atoms with Crippen LogP contribution in [0.1, 0.15) is 25.3 Å². The Morgan fingerprint density at radius 1 is 1.32 bits per heavy atom. The van der Waals surface area contributed by atoms with Gasteiger partial charge < -0.3 is 16.0 Å². The normalized spacial score (nSPS) is 22.8. The molecule has 2 rings (SSSR count). The quantitative estimate of drug-likeness (QED) is 0.775. The third-order valence-corrected chi connectivity index (χ3v) is 3.66. The van der Waals surface area contributed by atoms with Crippen molar-refractivity contribution in [2.45, 2.75) is 26.3 Å². The molecule has 104 valence electrons. The van der Waals surface area contributed by atoms with Crippen molar-refractivity contribution in [2.75, 3.05) is 19.6 Å². The molecule has 1 heterocycles. The third-order valence-electron chi connectivity index (χ3n) is 3.66. The van der Waals surface area contributed by atoms with Crippen LogP contribution in [-0.2, 0) is 6.54 Å². The molecule has 1 aromatic rings. The minimum Gasteiger partial charge on any atom is -0.338 e. The van der Waals surface area contributed by atoms with Crippen LogP contribution in [0.2, 0.25) is 0 Å². The number of benzene rings is 1. The summed E-state index contributed by atoms with van der Waals surface area (Å²) in [5.41, 5.74) is 1.30. The summed E-state index contributed by atoms with van der Waals surface area (Å²) >= 11 is 0. The summed E-state index contributed by atoms with van der Waals surface area (Å²) in [6, 6.07) is 9.85. The predicted octanol–water partition coefficient (Wildman–Crippen LogP) is 1.88. The standard InChI is InChI=1S/C15H23N3O/c1-15(8-5-9-16-11-15)12-18-14(19)17-10-13-6-3-2-4-7-13/h2-4,6-7,16H,5,8-12H2,1H3,(H2,17,18,19). The van der Waals surface area contributed by atoms with Crippen LogP contribution in [0.15, 0.2) is 30.3 Å². The lowest BCUT2D eigenvalue weighted by molar-refractivity contribution is 0.211. The molecule has 1 aliphatic rings. The van der Waals surface area contributed by atoms with Crippen LogP contribution in [0.25, 0.3) is 0 Å². The van der Waals surface area contributed by atoms with Crippen LogP contribution in [0.4, 0.5) is 4.79 Å². The molecule has 0 aromatic heterocycles. The number of piperidine rings is 1. The maximum Gasteiger partial charge on any atom is 0.315 e. The number of hydrogen-bond donors (Lipinski definition) is 3. The van der Waals surface area contributed by atoms with E-state index < -0.39 is 0 Å². The molecule has 0 bridgehead atoms. The number of amides is 2. The van der Waals surface area contributed by atoms with E-state index in [0.717, 1.165) is 25.2 Å². The van der Waals surface area contributed by atoms with Crippen molar-refractivity contribution >= 4 is 6.03 Å². The Kier molecular flexibility index (Phi) is 4.80. The SMILES string of the molecule is CC1(CNC(=O)NCc2ccccc2)CCCNC1. The van der Waals surface area contributed by atoms with Crippen LogP contribution in [0, 0.1) is 5.41 Å². The lowest BCUT2D eigenvalue weighted by Crippen LogP contribution is -2.47. The van der Waals surface area contributed by atoms with Crippen LogP contribution in [0.5, 0.6) is 0 Å². The molecule has 0 aliphatic carbocycles. The zero-order chi connectivity index (χ0) is 13.6. The van der Waals surface area contributed by atoms with Gasteiger partial charge in [0.1, 0.15) is 0 Å². The Labute approximate surface area is 115 Å².